The third kappa shape index (κ3) is 13.2. The number of hydrogen-bond donors (Lipinski definition) is 1. The third-order valence-electron chi connectivity index (χ3n) is 14.6. The van der Waals surface area contributed by atoms with Gasteiger partial charge in [-0.3, -0.25) is 9.05 Å². The zero-order chi connectivity index (χ0) is 37.8. The molecule has 0 amide bonds. The number of hydrogen-bond acceptors (Lipinski definition) is 4. The van der Waals surface area contributed by atoms with E-state index in [0.717, 1.165) is 91.7 Å². The average Bonchev–Trinajstić information content (AvgIpc) is 3.43. The molecule has 0 bridgehead atoms. The molecule has 1 N–H and O–H groups in total. The molecule has 3 fully saturated rings. The van der Waals surface area contributed by atoms with Crippen molar-refractivity contribution < 1.29 is 27.7 Å². The molecule has 0 aliphatic heterocycles. The molecule has 0 radical (unpaired) electrons. The predicted molar refractivity (Wildman–Crippen MR) is 218 cm³/mol. The van der Waals surface area contributed by atoms with Gasteiger partial charge in [0, 0.05) is 6.61 Å². The lowest BCUT2D eigenvalue weighted by Crippen LogP contribution is -2.51. The van der Waals surface area contributed by atoms with Crippen molar-refractivity contribution in [2.75, 3.05) is 47.5 Å². The molecule has 4 aliphatic carbocycles. The van der Waals surface area contributed by atoms with Gasteiger partial charge in [-0.25, -0.2) is 4.57 Å². The van der Waals surface area contributed by atoms with Gasteiger partial charge in [0.2, 0.25) is 0 Å². The first-order valence-corrected chi connectivity index (χ1v) is 23.9. The highest BCUT2D eigenvalue weighted by atomic mass is 31.2. The number of phosphoric ester groups is 1. The van der Waals surface area contributed by atoms with Crippen LogP contribution in [-0.4, -0.2) is 63.0 Å². The molecule has 0 aromatic rings. The van der Waals surface area contributed by atoms with E-state index in [0.29, 0.717) is 23.5 Å². The van der Waals surface area contributed by atoms with Gasteiger partial charge in [0.15, 0.2) is 0 Å². The summed E-state index contributed by atoms with van der Waals surface area (Å²) >= 11 is 0. The van der Waals surface area contributed by atoms with Gasteiger partial charge in [-0.1, -0.05) is 104 Å². The van der Waals surface area contributed by atoms with Crippen molar-refractivity contribution in [3.05, 3.63) is 11.6 Å². The molecule has 0 aromatic carbocycles. The summed E-state index contributed by atoms with van der Waals surface area (Å²) < 4.78 is 29.9. The quantitative estimate of drug-likeness (QED) is 0.0436. The van der Waals surface area contributed by atoms with Gasteiger partial charge >= 0.3 is 7.82 Å². The minimum atomic E-state index is -3.91. The van der Waals surface area contributed by atoms with Gasteiger partial charge in [-0.2, -0.15) is 0 Å². The standard InChI is InChI=1S/C45H84NO5P/c1-36(2)21-20-22-37(3)41-25-26-42-40-24-23-38-35-39(27-29-44(38,4)43(40)28-30-45(41,42)5)49-32-17-13-11-9-10-12-14-18-33-50-52(47,48)51-34-19-15-16-31-46(6,7)8/h23,36-37,39-43H,9-22,24-35H2,1-8H3/p+1/t37-,39+,40+,41-,42+,43+,44+,45-/m1/s1. The summed E-state index contributed by atoms with van der Waals surface area (Å²) in [6, 6.07) is 0. The summed E-state index contributed by atoms with van der Waals surface area (Å²) in [6.45, 7) is 15.3. The van der Waals surface area contributed by atoms with Gasteiger partial charge in [-0.05, 0) is 130 Å². The zero-order valence-corrected chi connectivity index (χ0v) is 36.4. The summed E-state index contributed by atoms with van der Waals surface area (Å²) in [5.41, 5.74) is 2.74. The third-order valence-corrected chi connectivity index (χ3v) is 15.7. The van der Waals surface area contributed by atoms with Crippen molar-refractivity contribution in [1.29, 1.82) is 0 Å². The maximum absolute atomic E-state index is 12.1. The number of ether oxygens (including phenoxy) is 1. The van der Waals surface area contributed by atoms with Gasteiger partial charge in [0.1, 0.15) is 0 Å². The first kappa shape index (κ1) is 44.5. The number of quaternary nitrogens is 1. The van der Waals surface area contributed by atoms with Crippen LogP contribution < -0.4 is 0 Å². The van der Waals surface area contributed by atoms with Crippen LogP contribution in [0.5, 0.6) is 0 Å². The Kier molecular flexibility index (Phi) is 17.8. The van der Waals surface area contributed by atoms with Crippen molar-refractivity contribution >= 4 is 7.82 Å². The normalized spacial score (nSPS) is 32.2. The molecule has 0 spiro atoms. The Bertz CT molecular complexity index is 1120. The molecule has 6 nitrogen and oxygen atoms in total. The fourth-order valence-electron chi connectivity index (χ4n) is 11.6. The summed E-state index contributed by atoms with van der Waals surface area (Å²) in [4.78, 5) is 9.91. The van der Waals surface area contributed by atoms with E-state index in [-0.39, 0.29) is 6.61 Å². The number of rotatable bonds is 25. The topological polar surface area (TPSA) is 65.0 Å². The predicted octanol–water partition coefficient (Wildman–Crippen LogP) is 12.5. The molecule has 9 atom stereocenters. The van der Waals surface area contributed by atoms with Crippen LogP contribution in [-0.2, 0) is 18.3 Å². The second-order valence-electron chi connectivity index (χ2n) is 20.1. The highest BCUT2D eigenvalue weighted by molar-refractivity contribution is 7.47. The van der Waals surface area contributed by atoms with Crippen molar-refractivity contribution in [2.45, 2.75) is 182 Å². The minimum absolute atomic E-state index is 0.286. The van der Waals surface area contributed by atoms with Crippen LogP contribution in [0.3, 0.4) is 0 Å². The van der Waals surface area contributed by atoms with E-state index in [9.17, 15) is 9.46 Å². The Morgan fingerprint density at radius 3 is 2.02 bits per heavy atom. The molecule has 52 heavy (non-hydrogen) atoms. The van der Waals surface area contributed by atoms with Gasteiger partial charge in [-0.15, -0.1) is 0 Å². The van der Waals surface area contributed by atoms with Crippen LogP contribution in [0.25, 0.3) is 0 Å². The second kappa shape index (κ2) is 20.8. The summed E-state index contributed by atoms with van der Waals surface area (Å²) in [6.07, 6.45) is 30.4. The van der Waals surface area contributed by atoms with E-state index >= 15 is 0 Å². The first-order valence-electron chi connectivity index (χ1n) is 22.4. The van der Waals surface area contributed by atoms with Crippen molar-refractivity contribution in [1.82, 2.24) is 0 Å². The summed E-state index contributed by atoms with van der Waals surface area (Å²) in [7, 11) is 2.62. The molecule has 0 saturated heterocycles. The first-order chi connectivity index (χ1) is 24.6. The van der Waals surface area contributed by atoms with E-state index in [1.807, 2.05) is 0 Å². The summed E-state index contributed by atoms with van der Waals surface area (Å²) in [5, 5.41) is 0. The number of allylic oxidation sites excluding steroid dienone is 1. The zero-order valence-electron chi connectivity index (χ0n) is 35.5. The van der Waals surface area contributed by atoms with Crippen LogP contribution in [0.4, 0.5) is 0 Å². The van der Waals surface area contributed by atoms with Crippen molar-refractivity contribution in [3.63, 3.8) is 0 Å². The molecule has 7 heteroatoms. The molecule has 3 saturated carbocycles. The lowest BCUT2D eigenvalue weighted by Gasteiger charge is -2.58. The monoisotopic (exact) mass is 751 g/mol. The molecule has 304 valence electrons. The molecule has 4 rings (SSSR count). The Labute approximate surface area is 322 Å². The van der Waals surface area contributed by atoms with Crippen LogP contribution >= 0.6 is 7.82 Å². The lowest BCUT2D eigenvalue weighted by atomic mass is 9.47. The van der Waals surface area contributed by atoms with E-state index < -0.39 is 7.82 Å². The molecule has 0 heterocycles. The molecular weight excluding hydrogens is 665 g/mol. The van der Waals surface area contributed by atoms with Crippen LogP contribution in [0, 0.1) is 46.3 Å². The Morgan fingerprint density at radius 2 is 1.38 bits per heavy atom. The van der Waals surface area contributed by atoms with Crippen molar-refractivity contribution in [2.24, 2.45) is 46.3 Å². The fourth-order valence-corrected chi connectivity index (χ4v) is 12.4. The highest BCUT2D eigenvalue weighted by Gasteiger charge is 2.59. The van der Waals surface area contributed by atoms with E-state index in [1.54, 1.807) is 5.57 Å². The van der Waals surface area contributed by atoms with Gasteiger partial charge < -0.3 is 14.1 Å². The van der Waals surface area contributed by atoms with E-state index in [4.69, 9.17) is 13.8 Å². The highest BCUT2D eigenvalue weighted by Crippen LogP contribution is 2.67. The Balaban J connectivity index is 1.03. The van der Waals surface area contributed by atoms with Crippen LogP contribution in [0.2, 0.25) is 0 Å². The number of phosphoric acid groups is 1. The number of unbranched alkanes of at least 4 members (excludes halogenated alkanes) is 9. The van der Waals surface area contributed by atoms with E-state index in [1.165, 1.54) is 103 Å². The van der Waals surface area contributed by atoms with Crippen molar-refractivity contribution in [3.8, 4) is 0 Å². The number of fused-ring (bicyclic) bond motifs is 5. The molecular formula is C45H85NO5P+. The van der Waals surface area contributed by atoms with E-state index in [2.05, 4.69) is 61.8 Å². The van der Waals surface area contributed by atoms with Crippen LogP contribution in [0.1, 0.15) is 176 Å². The largest absolute Gasteiger partial charge is 0.472 e. The van der Waals surface area contributed by atoms with Crippen LogP contribution in [0.15, 0.2) is 11.6 Å². The van der Waals surface area contributed by atoms with Gasteiger partial charge in [0.05, 0.1) is 47.0 Å². The SMILES string of the molecule is CC(C)CCC[C@@H](C)[C@H]1CC[C@H]2[C@@H]3CC=C4C[C@@H](OCCCCCCCCCCOP(=O)(O)OCCCCC[N+](C)(C)C)CC[C@]4(C)[C@H]3CC[C@]12C. The maximum Gasteiger partial charge on any atom is 0.472 e. The minimum Gasteiger partial charge on any atom is -0.378 e. The van der Waals surface area contributed by atoms with Gasteiger partial charge in [0.25, 0.3) is 0 Å². The number of nitrogens with zero attached hydrogens (tertiary/aromatic N) is 1. The lowest BCUT2D eigenvalue weighted by molar-refractivity contribution is -0.870. The fraction of sp³-hybridized carbons (Fsp3) is 0.956. The Hall–Kier alpha value is -0.230. The molecule has 0 aromatic heterocycles. The Morgan fingerprint density at radius 1 is 0.769 bits per heavy atom. The smallest absolute Gasteiger partial charge is 0.378 e. The maximum atomic E-state index is 12.1. The summed E-state index contributed by atoms with van der Waals surface area (Å²) in [5.74, 6) is 5.41. The molecule has 1 unspecified atom stereocenters. The second-order valence-corrected chi connectivity index (χ2v) is 21.5. The molecule has 4 aliphatic rings. The average molecular weight is 751 g/mol.